The lowest BCUT2D eigenvalue weighted by Gasteiger charge is -2.35. The summed E-state index contributed by atoms with van der Waals surface area (Å²) in [5, 5.41) is 9.15. The molecule has 0 radical (unpaired) electrons. The molecule has 1 aliphatic rings. The Balaban J connectivity index is 1.59. The van der Waals surface area contributed by atoms with Crippen molar-refractivity contribution < 1.29 is 13.2 Å². The summed E-state index contributed by atoms with van der Waals surface area (Å²) < 4.78 is 37.8. The van der Waals surface area contributed by atoms with Crippen LogP contribution in [0.1, 0.15) is 16.7 Å². The van der Waals surface area contributed by atoms with E-state index in [1.165, 1.54) is 6.07 Å². The monoisotopic (exact) mass is 346 g/mol. The number of piperazine rings is 1. The minimum atomic E-state index is -4.36. The Hall–Kier alpha value is -2.59. The molecule has 0 aliphatic carbocycles. The van der Waals surface area contributed by atoms with E-state index in [9.17, 15) is 13.2 Å². The minimum Gasteiger partial charge on any atom is -0.354 e. The van der Waals surface area contributed by atoms with Crippen LogP contribution in [0.2, 0.25) is 0 Å². The maximum absolute atomic E-state index is 12.6. The predicted octanol–water partition coefficient (Wildman–Crippen LogP) is 3.29. The summed E-state index contributed by atoms with van der Waals surface area (Å²) in [6.07, 6.45) is -3.48. The number of rotatable bonds is 3. The quantitative estimate of drug-likeness (QED) is 0.855. The first kappa shape index (κ1) is 17.2. The van der Waals surface area contributed by atoms with Crippen LogP contribution in [0.15, 0.2) is 42.6 Å². The van der Waals surface area contributed by atoms with Gasteiger partial charge in [-0.1, -0.05) is 18.2 Å². The van der Waals surface area contributed by atoms with Gasteiger partial charge in [-0.15, -0.1) is 0 Å². The van der Waals surface area contributed by atoms with Crippen molar-refractivity contribution in [2.45, 2.75) is 12.7 Å². The minimum absolute atomic E-state index is 0.560. The van der Waals surface area contributed by atoms with Crippen LogP contribution >= 0.6 is 0 Å². The van der Waals surface area contributed by atoms with Crippen LogP contribution in [0.25, 0.3) is 0 Å². The van der Waals surface area contributed by atoms with Crippen molar-refractivity contribution in [3.63, 3.8) is 0 Å². The standard InChI is InChI=1S/C18H17F3N4/c19-18(20,21)16-5-6-17(23-12-16)25-9-7-24(8-10-25)13-15-4-2-1-3-14(15)11-22/h1-6,12H,7-10,13H2. The predicted molar refractivity (Wildman–Crippen MR) is 87.9 cm³/mol. The molecule has 1 fully saturated rings. The summed E-state index contributed by atoms with van der Waals surface area (Å²) in [7, 11) is 0. The Morgan fingerprint density at radius 3 is 2.36 bits per heavy atom. The second-order valence-corrected chi connectivity index (χ2v) is 5.93. The molecule has 0 bridgehead atoms. The molecule has 1 aromatic heterocycles. The molecule has 0 amide bonds. The summed E-state index contributed by atoms with van der Waals surface area (Å²) in [6.45, 7) is 3.60. The van der Waals surface area contributed by atoms with Crippen molar-refractivity contribution in [3.05, 3.63) is 59.3 Å². The van der Waals surface area contributed by atoms with Gasteiger partial charge in [-0.05, 0) is 23.8 Å². The van der Waals surface area contributed by atoms with Crippen molar-refractivity contribution in [3.8, 4) is 6.07 Å². The summed E-state index contributed by atoms with van der Waals surface area (Å²) in [5.41, 5.74) is 0.934. The largest absolute Gasteiger partial charge is 0.417 e. The van der Waals surface area contributed by atoms with E-state index in [1.807, 2.05) is 23.1 Å². The second kappa shape index (κ2) is 7.11. The van der Waals surface area contributed by atoms with Gasteiger partial charge in [-0.25, -0.2) is 4.98 Å². The number of benzene rings is 1. The number of halogens is 3. The van der Waals surface area contributed by atoms with Gasteiger partial charge in [-0.3, -0.25) is 4.90 Å². The van der Waals surface area contributed by atoms with Gasteiger partial charge in [0.05, 0.1) is 17.2 Å². The first-order valence-corrected chi connectivity index (χ1v) is 7.96. The topological polar surface area (TPSA) is 43.2 Å². The molecular weight excluding hydrogens is 329 g/mol. The molecule has 2 heterocycles. The van der Waals surface area contributed by atoms with Crippen LogP contribution in [0.5, 0.6) is 0 Å². The van der Waals surface area contributed by atoms with Gasteiger partial charge in [0.1, 0.15) is 5.82 Å². The summed E-state index contributed by atoms with van der Waals surface area (Å²) >= 11 is 0. The molecule has 0 N–H and O–H groups in total. The van der Waals surface area contributed by atoms with Crippen molar-refractivity contribution in [1.29, 1.82) is 5.26 Å². The lowest BCUT2D eigenvalue weighted by Crippen LogP contribution is -2.46. The van der Waals surface area contributed by atoms with E-state index in [0.717, 1.165) is 30.9 Å². The number of alkyl halides is 3. The zero-order chi connectivity index (χ0) is 17.9. The Kier molecular flexibility index (Phi) is 4.91. The molecule has 2 aromatic rings. The number of aromatic nitrogens is 1. The molecule has 0 spiro atoms. The zero-order valence-electron chi connectivity index (χ0n) is 13.5. The fourth-order valence-electron chi connectivity index (χ4n) is 2.88. The average Bonchev–Trinajstić information content (AvgIpc) is 2.62. The Bertz CT molecular complexity index is 757. The lowest BCUT2D eigenvalue weighted by atomic mass is 10.1. The molecule has 0 saturated carbocycles. The molecular formula is C18H17F3N4. The van der Waals surface area contributed by atoms with E-state index in [2.05, 4.69) is 16.0 Å². The highest BCUT2D eigenvalue weighted by atomic mass is 19.4. The van der Waals surface area contributed by atoms with Crippen LogP contribution in [0.4, 0.5) is 19.0 Å². The number of hydrogen-bond acceptors (Lipinski definition) is 4. The molecule has 0 unspecified atom stereocenters. The SMILES string of the molecule is N#Cc1ccccc1CN1CCN(c2ccc(C(F)(F)F)cn2)CC1. The molecule has 3 rings (SSSR count). The van der Waals surface area contributed by atoms with Gasteiger partial charge in [0.25, 0.3) is 0 Å². The van der Waals surface area contributed by atoms with E-state index < -0.39 is 11.7 Å². The Morgan fingerprint density at radius 2 is 1.76 bits per heavy atom. The average molecular weight is 346 g/mol. The van der Waals surface area contributed by atoms with E-state index >= 15 is 0 Å². The van der Waals surface area contributed by atoms with Crippen molar-refractivity contribution in [2.24, 2.45) is 0 Å². The first-order valence-electron chi connectivity index (χ1n) is 7.96. The third-order valence-electron chi connectivity index (χ3n) is 4.30. The van der Waals surface area contributed by atoms with Crippen molar-refractivity contribution >= 4 is 5.82 Å². The van der Waals surface area contributed by atoms with Crippen molar-refractivity contribution in [2.75, 3.05) is 31.1 Å². The number of nitrogens with zero attached hydrogens (tertiary/aromatic N) is 4. The van der Waals surface area contributed by atoms with Gasteiger partial charge in [-0.2, -0.15) is 18.4 Å². The van der Waals surface area contributed by atoms with Crippen LogP contribution in [-0.2, 0) is 12.7 Å². The number of hydrogen-bond donors (Lipinski definition) is 0. The molecule has 1 saturated heterocycles. The van der Waals surface area contributed by atoms with E-state index in [0.29, 0.717) is 31.0 Å². The molecule has 130 valence electrons. The third kappa shape index (κ3) is 4.09. The van der Waals surface area contributed by atoms with E-state index in [4.69, 9.17) is 5.26 Å². The highest BCUT2D eigenvalue weighted by molar-refractivity contribution is 5.41. The second-order valence-electron chi connectivity index (χ2n) is 5.93. The third-order valence-corrected chi connectivity index (χ3v) is 4.30. The van der Waals surface area contributed by atoms with Crippen LogP contribution in [0, 0.1) is 11.3 Å². The van der Waals surface area contributed by atoms with Crippen LogP contribution in [-0.4, -0.2) is 36.1 Å². The van der Waals surface area contributed by atoms with Crippen LogP contribution in [0.3, 0.4) is 0 Å². The Labute approximate surface area is 144 Å². The van der Waals surface area contributed by atoms with E-state index in [-0.39, 0.29) is 0 Å². The molecule has 4 nitrogen and oxygen atoms in total. The molecule has 25 heavy (non-hydrogen) atoms. The maximum Gasteiger partial charge on any atom is 0.417 e. The highest BCUT2D eigenvalue weighted by Gasteiger charge is 2.31. The number of nitriles is 1. The Morgan fingerprint density at radius 1 is 1.04 bits per heavy atom. The maximum atomic E-state index is 12.6. The normalized spacial score (nSPS) is 15.8. The molecule has 7 heteroatoms. The summed E-state index contributed by atoms with van der Waals surface area (Å²) in [5.74, 6) is 0.560. The lowest BCUT2D eigenvalue weighted by molar-refractivity contribution is -0.137. The number of anilines is 1. The fourth-order valence-corrected chi connectivity index (χ4v) is 2.88. The fraction of sp³-hybridized carbons (Fsp3) is 0.333. The zero-order valence-corrected chi connectivity index (χ0v) is 13.5. The molecule has 1 aliphatic heterocycles. The number of pyridine rings is 1. The van der Waals surface area contributed by atoms with Crippen LogP contribution < -0.4 is 4.90 Å². The highest BCUT2D eigenvalue weighted by Crippen LogP contribution is 2.29. The first-order chi connectivity index (χ1) is 12.0. The van der Waals surface area contributed by atoms with Gasteiger partial charge < -0.3 is 4.90 Å². The van der Waals surface area contributed by atoms with Gasteiger partial charge in [0.15, 0.2) is 0 Å². The molecule has 1 aromatic carbocycles. The van der Waals surface area contributed by atoms with Gasteiger partial charge in [0.2, 0.25) is 0 Å². The smallest absolute Gasteiger partial charge is 0.354 e. The van der Waals surface area contributed by atoms with Crippen molar-refractivity contribution in [1.82, 2.24) is 9.88 Å². The van der Waals surface area contributed by atoms with Gasteiger partial charge >= 0.3 is 6.18 Å². The summed E-state index contributed by atoms with van der Waals surface area (Å²) in [6, 6.07) is 12.2. The molecule has 0 atom stereocenters. The van der Waals surface area contributed by atoms with Gasteiger partial charge in [0, 0.05) is 38.9 Å². The van der Waals surface area contributed by atoms with E-state index in [1.54, 1.807) is 6.07 Å². The summed E-state index contributed by atoms with van der Waals surface area (Å²) in [4.78, 5) is 8.16.